The fraction of sp³-hybridized carbons (Fsp3) is 0.188. The Bertz CT molecular complexity index is 597. The Hall–Kier alpha value is -2.47. The summed E-state index contributed by atoms with van der Waals surface area (Å²) in [4.78, 5) is 0. The summed E-state index contributed by atoms with van der Waals surface area (Å²) in [6.45, 7) is 2.75. The number of nitrogens with one attached hydrogen (secondary N) is 1. The molecule has 0 unspecified atom stereocenters. The molecule has 0 heterocycles. The Morgan fingerprint density at radius 2 is 1.89 bits per heavy atom. The van der Waals surface area contributed by atoms with Gasteiger partial charge in [0.25, 0.3) is 0 Å². The SMILES string of the molecule is COc1ccc(C)cc1CNc1ccc(C#N)cc1. The number of hydrogen-bond acceptors (Lipinski definition) is 3. The number of rotatable bonds is 4. The van der Waals surface area contributed by atoms with Crippen molar-refractivity contribution < 1.29 is 4.74 Å². The molecule has 0 radical (unpaired) electrons. The summed E-state index contributed by atoms with van der Waals surface area (Å²) in [7, 11) is 1.68. The first kappa shape index (κ1) is 13.0. The normalized spacial score (nSPS) is 9.74. The molecule has 3 heteroatoms. The summed E-state index contributed by atoms with van der Waals surface area (Å²) < 4.78 is 5.34. The number of aryl methyl sites for hydroxylation is 1. The lowest BCUT2D eigenvalue weighted by Gasteiger charge is -2.11. The fourth-order valence-electron chi connectivity index (χ4n) is 1.91. The van der Waals surface area contributed by atoms with Crippen LogP contribution < -0.4 is 10.1 Å². The molecule has 96 valence electrons. The van der Waals surface area contributed by atoms with Crippen LogP contribution in [0.3, 0.4) is 0 Å². The van der Waals surface area contributed by atoms with E-state index in [1.807, 2.05) is 24.3 Å². The molecule has 0 fully saturated rings. The van der Waals surface area contributed by atoms with Gasteiger partial charge in [-0.1, -0.05) is 17.7 Å². The van der Waals surface area contributed by atoms with E-state index >= 15 is 0 Å². The fourth-order valence-corrected chi connectivity index (χ4v) is 1.91. The van der Waals surface area contributed by atoms with E-state index in [4.69, 9.17) is 10.00 Å². The molecule has 2 aromatic carbocycles. The average Bonchev–Trinajstić information content (AvgIpc) is 2.46. The molecule has 3 nitrogen and oxygen atoms in total. The second kappa shape index (κ2) is 5.92. The van der Waals surface area contributed by atoms with Gasteiger partial charge in [-0.25, -0.2) is 0 Å². The van der Waals surface area contributed by atoms with E-state index in [-0.39, 0.29) is 0 Å². The van der Waals surface area contributed by atoms with E-state index in [2.05, 4.69) is 24.4 Å². The van der Waals surface area contributed by atoms with Gasteiger partial charge in [-0.05, 0) is 37.3 Å². The molecule has 0 aromatic heterocycles. The zero-order valence-corrected chi connectivity index (χ0v) is 11.1. The molecule has 0 atom stereocenters. The van der Waals surface area contributed by atoms with Gasteiger partial charge < -0.3 is 10.1 Å². The van der Waals surface area contributed by atoms with Gasteiger partial charge in [0.15, 0.2) is 0 Å². The minimum absolute atomic E-state index is 0.665. The van der Waals surface area contributed by atoms with Crippen molar-refractivity contribution in [2.45, 2.75) is 13.5 Å². The van der Waals surface area contributed by atoms with Crippen molar-refractivity contribution in [3.63, 3.8) is 0 Å². The van der Waals surface area contributed by atoms with E-state index in [0.717, 1.165) is 17.0 Å². The van der Waals surface area contributed by atoms with Gasteiger partial charge >= 0.3 is 0 Å². The summed E-state index contributed by atoms with van der Waals surface area (Å²) in [5, 5.41) is 12.1. The number of anilines is 1. The Labute approximate surface area is 113 Å². The smallest absolute Gasteiger partial charge is 0.123 e. The monoisotopic (exact) mass is 252 g/mol. The molecule has 0 saturated heterocycles. The number of methoxy groups -OCH3 is 1. The molecule has 0 amide bonds. The van der Waals surface area contributed by atoms with Crippen molar-refractivity contribution in [1.82, 2.24) is 0 Å². The van der Waals surface area contributed by atoms with Gasteiger partial charge in [0, 0.05) is 17.8 Å². The van der Waals surface area contributed by atoms with Crippen molar-refractivity contribution in [2.75, 3.05) is 12.4 Å². The van der Waals surface area contributed by atoms with E-state index in [0.29, 0.717) is 12.1 Å². The highest BCUT2D eigenvalue weighted by Crippen LogP contribution is 2.21. The molecule has 0 aliphatic rings. The van der Waals surface area contributed by atoms with Gasteiger partial charge in [0.1, 0.15) is 5.75 Å². The molecular formula is C16H16N2O. The average molecular weight is 252 g/mol. The maximum absolute atomic E-state index is 8.75. The highest BCUT2D eigenvalue weighted by atomic mass is 16.5. The molecule has 0 spiro atoms. The lowest BCUT2D eigenvalue weighted by molar-refractivity contribution is 0.410. The Morgan fingerprint density at radius 3 is 2.53 bits per heavy atom. The van der Waals surface area contributed by atoms with Crippen LogP contribution in [0.4, 0.5) is 5.69 Å². The van der Waals surface area contributed by atoms with E-state index in [1.54, 1.807) is 19.2 Å². The van der Waals surface area contributed by atoms with Crippen molar-refractivity contribution in [1.29, 1.82) is 5.26 Å². The van der Waals surface area contributed by atoms with Gasteiger partial charge in [0.05, 0.1) is 18.7 Å². The van der Waals surface area contributed by atoms with Crippen LogP contribution in [0.1, 0.15) is 16.7 Å². The van der Waals surface area contributed by atoms with E-state index in [9.17, 15) is 0 Å². The predicted molar refractivity (Wildman–Crippen MR) is 76.2 cm³/mol. The zero-order chi connectivity index (χ0) is 13.7. The molecule has 0 aliphatic carbocycles. The minimum Gasteiger partial charge on any atom is -0.496 e. The Balaban J connectivity index is 2.09. The van der Waals surface area contributed by atoms with Gasteiger partial charge in [-0.15, -0.1) is 0 Å². The summed E-state index contributed by atoms with van der Waals surface area (Å²) >= 11 is 0. The summed E-state index contributed by atoms with van der Waals surface area (Å²) in [6, 6.07) is 15.6. The van der Waals surface area contributed by atoms with Crippen LogP contribution in [-0.2, 0) is 6.54 Å². The van der Waals surface area contributed by atoms with E-state index < -0.39 is 0 Å². The van der Waals surface area contributed by atoms with Crippen molar-refractivity contribution in [3.05, 3.63) is 59.2 Å². The van der Waals surface area contributed by atoms with Crippen molar-refractivity contribution >= 4 is 5.69 Å². The third-order valence-electron chi connectivity index (χ3n) is 2.93. The number of hydrogen-bond donors (Lipinski definition) is 1. The highest BCUT2D eigenvalue weighted by Gasteiger charge is 2.03. The summed E-state index contributed by atoms with van der Waals surface area (Å²) in [5.74, 6) is 0.881. The lowest BCUT2D eigenvalue weighted by Crippen LogP contribution is -2.02. The van der Waals surface area contributed by atoms with Crippen LogP contribution in [0, 0.1) is 18.3 Å². The molecule has 19 heavy (non-hydrogen) atoms. The third kappa shape index (κ3) is 3.26. The van der Waals surface area contributed by atoms with Gasteiger partial charge in [-0.3, -0.25) is 0 Å². The maximum Gasteiger partial charge on any atom is 0.123 e. The maximum atomic E-state index is 8.75. The van der Waals surface area contributed by atoms with E-state index in [1.165, 1.54) is 5.56 Å². The lowest BCUT2D eigenvalue weighted by atomic mass is 10.1. The third-order valence-corrected chi connectivity index (χ3v) is 2.93. The molecular weight excluding hydrogens is 236 g/mol. The van der Waals surface area contributed by atoms with Crippen LogP contribution in [0.2, 0.25) is 0 Å². The number of ether oxygens (including phenoxy) is 1. The van der Waals surface area contributed by atoms with Crippen molar-refractivity contribution in [3.8, 4) is 11.8 Å². The predicted octanol–water partition coefficient (Wildman–Crippen LogP) is 3.49. The second-order valence-electron chi connectivity index (χ2n) is 4.36. The number of nitriles is 1. The Morgan fingerprint density at radius 1 is 1.16 bits per heavy atom. The molecule has 0 bridgehead atoms. The first-order valence-electron chi connectivity index (χ1n) is 6.10. The molecule has 0 saturated carbocycles. The topological polar surface area (TPSA) is 45.0 Å². The summed E-state index contributed by atoms with van der Waals surface area (Å²) in [5.41, 5.74) is 3.98. The zero-order valence-electron chi connectivity index (χ0n) is 11.1. The summed E-state index contributed by atoms with van der Waals surface area (Å²) in [6.07, 6.45) is 0. The van der Waals surface area contributed by atoms with Gasteiger partial charge in [-0.2, -0.15) is 5.26 Å². The highest BCUT2D eigenvalue weighted by molar-refractivity contribution is 5.48. The largest absolute Gasteiger partial charge is 0.496 e. The quantitative estimate of drug-likeness (QED) is 0.906. The number of nitrogens with zero attached hydrogens (tertiary/aromatic N) is 1. The first-order chi connectivity index (χ1) is 9.22. The van der Waals surface area contributed by atoms with Crippen molar-refractivity contribution in [2.24, 2.45) is 0 Å². The number of benzene rings is 2. The standard InChI is InChI=1S/C16H16N2O/c1-12-3-8-16(19-2)14(9-12)11-18-15-6-4-13(10-17)5-7-15/h3-9,18H,11H2,1-2H3. The van der Waals surface area contributed by atoms with Gasteiger partial charge in [0.2, 0.25) is 0 Å². The van der Waals surface area contributed by atoms with Crippen LogP contribution >= 0.6 is 0 Å². The molecule has 0 aliphatic heterocycles. The van der Waals surface area contributed by atoms with Crippen LogP contribution in [0.15, 0.2) is 42.5 Å². The van der Waals surface area contributed by atoms with Crippen LogP contribution in [0.25, 0.3) is 0 Å². The van der Waals surface area contributed by atoms with Crippen LogP contribution in [-0.4, -0.2) is 7.11 Å². The van der Waals surface area contributed by atoms with Crippen LogP contribution in [0.5, 0.6) is 5.75 Å². The Kier molecular flexibility index (Phi) is 4.04. The molecule has 2 aromatic rings. The second-order valence-corrected chi connectivity index (χ2v) is 4.36. The molecule has 1 N–H and O–H groups in total. The molecule has 2 rings (SSSR count). The first-order valence-corrected chi connectivity index (χ1v) is 6.10. The minimum atomic E-state index is 0.665.